The minimum Gasteiger partial charge on any atom is -0.462 e. The number of aliphatic imine (C=N–C) groups is 1. The number of aryl methyl sites for hydroxylation is 1. The molecule has 1 saturated heterocycles. The molecule has 0 radical (unpaired) electrons. The standard InChI is InChI=1S/C19H34N6O2S/c1-6-24-10-12-25(13-11-24)9-8-21-19(20-5)23-15(4)17-22-14(3)16(28-17)18(26)27-7-2/h15H,6-13H2,1-5H3,(H2,20,21,23). The molecule has 0 spiro atoms. The minimum absolute atomic E-state index is 0.0498. The normalized spacial score (nSPS) is 17.4. The van der Waals surface area contributed by atoms with Gasteiger partial charge in [-0.1, -0.05) is 6.92 Å². The van der Waals surface area contributed by atoms with Gasteiger partial charge in [-0.15, -0.1) is 11.3 Å². The van der Waals surface area contributed by atoms with E-state index < -0.39 is 0 Å². The molecule has 1 aromatic heterocycles. The van der Waals surface area contributed by atoms with E-state index in [1.54, 1.807) is 14.0 Å². The summed E-state index contributed by atoms with van der Waals surface area (Å²) in [6.45, 7) is 15.7. The van der Waals surface area contributed by atoms with Gasteiger partial charge in [0, 0.05) is 46.3 Å². The van der Waals surface area contributed by atoms with Gasteiger partial charge in [0.1, 0.15) is 9.88 Å². The highest BCUT2D eigenvalue weighted by molar-refractivity contribution is 7.13. The Kier molecular flexibility index (Phi) is 9.14. The van der Waals surface area contributed by atoms with E-state index in [0.29, 0.717) is 17.2 Å². The number of rotatable bonds is 8. The maximum absolute atomic E-state index is 12.0. The van der Waals surface area contributed by atoms with E-state index >= 15 is 0 Å². The van der Waals surface area contributed by atoms with Crippen molar-refractivity contribution in [1.29, 1.82) is 0 Å². The first-order chi connectivity index (χ1) is 13.5. The number of ether oxygens (including phenoxy) is 1. The van der Waals surface area contributed by atoms with Gasteiger partial charge in [0.15, 0.2) is 5.96 Å². The Morgan fingerprint density at radius 3 is 2.57 bits per heavy atom. The highest BCUT2D eigenvalue weighted by atomic mass is 32.1. The fraction of sp³-hybridized carbons (Fsp3) is 0.737. The van der Waals surface area contributed by atoms with Gasteiger partial charge in [-0.2, -0.15) is 0 Å². The molecule has 0 bridgehead atoms. The summed E-state index contributed by atoms with van der Waals surface area (Å²) in [6.07, 6.45) is 0. The number of piperazine rings is 1. The van der Waals surface area contributed by atoms with Gasteiger partial charge in [-0.3, -0.25) is 9.89 Å². The molecule has 1 fully saturated rings. The summed E-state index contributed by atoms with van der Waals surface area (Å²) in [6, 6.07) is -0.0498. The van der Waals surface area contributed by atoms with Gasteiger partial charge in [0.05, 0.1) is 18.3 Å². The quantitative estimate of drug-likeness (QED) is 0.382. The topological polar surface area (TPSA) is 82.1 Å². The third-order valence-electron chi connectivity index (χ3n) is 4.85. The van der Waals surface area contributed by atoms with Crippen molar-refractivity contribution in [3.05, 3.63) is 15.6 Å². The molecule has 158 valence electrons. The van der Waals surface area contributed by atoms with Crippen molar-refractivity contribution in [3.8, 4) is 0 Å². The maximum atomic E-state index is 12.0. The lowest BCUT2D eigenvalue weighted by Crippen LogP contribution is -2.49. The fourth-order valence-electron chi connectivity index (χ4n) is 3.11. The van der Waals surface area contributed by atoms with Crippen LogP contribution < -0.4 is 10.6 Å². The average molecular weight is 411 g/mol. The van der Waals surface area contributed by atoms with Crippen LogP contribution in [0.5, 0.6) is 0 Å². The van der Waals surface area contributed by atoms with Crippen LogP contribution >= 0.6 is 11.3 Å². The fourth-order valence-corrected chi connectivity index (χ4v) is 4.07. The Morgan fingerprint density at radius 1 is 1.29 bits per heavy atom. The Hall–Kier alpha value is -1.71. The average Bonchev–Trinajstić information content (AvgIpc) is 3.09. The molecule has 2 heterocycles. The molecule has 1 aliphatic rings. The van der Waals surface area contributed by atoms with E-state index in [0.717, 1.165) is 56.8 Å². The van der Waals surface area contributed by atoms with Gasteiger partial charge in [-0.05, 0) is 27.3 Å². The van der Waals surface area contributed by atoms with Crippen molar-refractivity contribution in [2.75, 3.05) is 59.5 Å². The molecule has 2 N–H and O–H groups in total. The summed E-state index contributed by atoms with van der Waals surface area (Å²) < 4.78 is 5.10. The second-order valence-electron chi connectivity index (χ2n) is 6.83. The number of carbonyl (C=O) groups is 1. The first kappa shape index (κ1) is 22.6. The zero-order valence-electron chi connectivity index (χ0n) is 17.7. The molecule has 9 heteroatoms. The molecule has 1 aliphatic heterocycles. The number of carbonyl (C=O) groups excluding carboxylic acids is 1. The molecule has 0 aliphatic carbocycles. The number of esters is 1. The molecule has 8 nitrogen and oxygen atoms in total. The monoisotopic (exact) mass is 410 g/mol. The summed E-state index contributed by atoms with van der Waals surface area (Å²) >= 11 is 1.37. The van der Waals surface area contributed by atoms with Crippen LogP contribution in [0.4, 0.5) is 0 Å². The number of thiazole rings is 1. The zero-order valence-corrected chi connectivity index (χ0v) is 18.6. The summed E-state index contributed by atoms with van der Waals surface area (Å²) in [5, 5.41) is 7.58. The van der Waals surface area contributed by atoms with Gasteiger partial charge in [-0.25, -0.2) is 9.78 Å². The van der Waals surface area contributed by atoms with Gasteiger partial charge < -0.3 is 20.3 Å². The van der Waals surface area contributed by atoms with E-state index in [9.17, 15) is 4.79 Å². The second kappa shape index (κ2) is 11.3. The predicted molar refractivity (Wildman–Crippen MR) is 114 cm³/mol. The minimum atomic E-state index is -0.304. The number of nitrogens with one attached hydrogen (secondary N) is 2. The molecule has 0 saturated carbocycles. The summed E-state index contributed by atoms with van der Waals surface area (Å²) in [7, 11) is 1.76. The molecule has 1 atom stereocenters. The van der Waals surface area contributed by atoms with Crippen molar-refractivity contribution in [1.82, 2.24) is 25.4 Å². The summed E-state index contributed by atoms with van der Waals surface area (Å²) in [5.41, 5.74) is 0.710. The number of nitrogens with zero attached hydrogens (tertiary/aromatic N) is 4. The molecule has 1 unspecified atom stereocenters. The molecular formula is C19H34N6O2S. The van der Waals surface area contributed by atoms with Crippen molar-refractivity contribution < 1.29 is 9.53 Å². The van der Waals surface area contributed by atoms with E-state index in [4.69, 9.17) is 4.74 Å². The van der Waals surface area contributed by atoms with Gasteiger partial charge in [0.25, 0.3) is 0 Å². The molecule has 28 heavy (non-hydrogen) atoms. The van der Waals surface area contributed by atoms with Crippen LogP contribution in [-0.4, -0.2) is 86.2 Å². The molecule has 0 aromatic carbocycles. The lowest BCUT2D eigenvalue weighted by molar-refractivity contribution is 0.0531. The number of hydrogen-bond acceptors (Lipinski definition) is 7. The number of aromatic nitrogens is 1. The number of likely N-dealkylation sites (N-methyl/N-ethyl adjacent to an activating group) is 1. The van der Waals surface area contributed by atoms with Crippen LogP contribution in [0.1, 0.15) is 47.2 Å². The first-order valence-electron chi connectivity index (χ1n) is 10.0. The van der Waals surface area contributed by atoms with Crippen molar-refractivity contribution in [2.45, 2.75) is 33.7 Å². The summed E-state index contributed by atoms with van der Waals surface area (Å²) in [5.74, 6) is 0.437. The lowest BCUT2D eigenvalue weighted by atomic mass is 10.3. The Labute approximate surface area is 172 Å². The highest BCUT2D eigenvalue weighted by Crippen LogP contribution is 2.24. The van der Waals surface area contributed by atoms with Gasteiger partial charge >= 0.3 is 5.97 Å². The number of hydrogen-bond donors (Lipinski definition) is 2. The van der Waals surface area contributed by atoms with Crippen molar-refractivity contribution >= 4 is 23.3 Å². The van der Waals surface area contributed by atoms with Crippen molar-refractivity contribution in [3.63, 3.8) is 0 Å². The van der Waals surface area contributed by atoms with E-state index in [1.807, 2.05) is 13.8 Å². The molecular weight excluding hydrogens is 376 g/mol. The van der Waals surface area contributed by atoms with Crippen molar-refractivity contribution in [2.24, 2.45) is 4.99 Å². The molecule has 2 rings (SSSR count). The van der Waals surface area contributed by atoms with Crippen LogP contribution in [0.2, 0.25) is 0 Å². The SMILES string of the molecule is CCOC(=O)c1sc(C(C)NC(=NC)NCCN2CCN(CC)CC2)nc1C. The zero-order chi connectivity index (χ0) is 20.5. The maximum Gasteiger partial charge on any atom is 0.350 e. The van der Waals surface area contributed by atoms with Gasteiger partial charge in [0.2, 0.25) is 0 Å². The summed E-state index contributed by atoms with van der Waals surface area (Å²) in [4.78, 5) is 26.4. The van der Waals surface area contributed by atoms with Crippen LogP contribution in [0, 0.1) is 6.92 Å². The Balaban J connectivity index is 1.81. The largest absolute Gasteiger partial charge is 0.462 e. The first-order valence-corrected chi connectivity index (χ1v) is 10.9. The van der Waals surface area contributed by atoms with Crippen LogP contribution in [0.3, 0.4) is 0 Å². The van der Waals surface area contributed by atoms with Crippen LogP contribution in [0.25, 0.3) is 0 Å². The number of guanidine groups is 1. The van der Waals surface area contributed by atoms with Crippen LogP contribution in [-0.2, 0) is 4.74 Å². The predicted octanol–water partition coefficient (Wildman–Crippen LogP) is 1.49. The third-order valence-corrected chi connectivity index (χ3v) is 6.17. The van der Waals surface area contributed by atoms with E-state index in [1.165, 1.54) is 11.3 Å². The Bertz CT molecular complexity index is 655. The Morgan fingerprint density at radius 2 is 1.96 bits per heavy atom. The van der Waals surface area contributed by atoms with E-state index in [2.05, 4.69) is 37.3 Å². The molecule has 0 amide bonds. The lowest BCUT2D eigenvalue weighted by Gasteiger charge is -2.34. The highest BCUT2D eigenvalue weighted by Gasteiger charge is 2.20. The second-order valence-corrected chi connectivity index (χ2v) is 7.86. The van der Waals surface area contributed by atoms with E-state index in [-0.39, 0.29) is 12.0 Å². The third kappa shape index (κ3) is 6.42. The van der Waals surface area contributed by atoms with Crippen LogP contribution in [0.15, 0.2) is 4.99 Å². The smallest absolute Gasteiger partial charge is 0.350 e. The molecule has 1 aromatic rings.